The maximum absolute atomic E-state index is 11.7. The number of hydrogen-bond donors (Lipinski definition) is 1. The van der Waals surface area contributed by atoms with Crippen molar-refractivity contribution in [2.24, 2.45) is 0 Å². The molecule has 0 aliphatic carbocycles. The van der Waals surface area contributed by atoms with Gasteiger partial charge in [0.25, 0.3) is 0 Å². The fourth-order valence-corrected chi connectivity index (χ4v) is 1.34. The first-order valence-electron chi connectivity index (χ1n) is 5.62. The van der Waals surface area contributed by atoms with E-state index < -0.39 is 11.9 Å². The van der Waals surface area contributed by atoms with Crippen LogP contribution in [0.5, 0.6) is 0 Å². The molecule has 1 rings (SSSR count). The van der Waals surface area contributed by atoms with Crippen LogP contribution in [-0.2, 0) is 9.47 Å². The lowest BCUT2D eigenvalue weighted by atomic mass is 10.1. The van der Waals surface area contributed by atoms with Gasteiger partial charge in [0.2, 0.25) is 0 Å². The van der Waals surface area contributed by atoms with Crippen molar-refractivity contribution in [1.82, 2.24) is 4.98 Å². The van der Waals surface area contributed by atoms with Gasteiger partial charge < -0.3 is 15.2 Å². The highest BCUT2D eigenvalue weighted by Gasteiger charge is 2.22. The maximum Gasteiger partial charge on any atom is 0.357 e. The molecule has 1 aromatic rings. The molecule has 98 valence electrons. The van der Waals surface area contributed by atoms with Crippen LogP contribution in [0, 0.1) is 6.92 Å². The zero-order valence-corrected chi connectivity index (χ0v) is 10.6. The van der Waals surface area contributed by atoms with E-state index in [1.165, 1.54) is 6.07 Å². The lowest BCUT2D eigenvalue weighted by Gasteiger charge is -2.10. The summed E-state index contributed by atoms with van der Waals surface area (Å²) in [7, 11) is 0. The molecule has 0 aliphatic rings. The molecule has 0 amide bonds. The Kier molecular flexibility index (Phi) is 4.65. The molecule has 0 radical (unpaired) electrons. The predicted octanol–water partition coefficient (Wildman–Crippen LogP) is 1.33. The van der Waals surface area contributed by atoms with Crippen molar-refractivity contribution >= 4 is 17.6 Å². The summed E-state index contributed by atoms with van der Waals surface area (Å²) in [5, 5.41) is 0. The van der Waals surface area contributed by atoms with Gasteiger partial charge in [-0.3, -0.25) is 0 Å². The first-order chi connectivity index (χ1) is 8.51. The standard InChI is InChI=1S/C12H16N2O4/c1-4-17-11(15)8-6-9(13)7(3)14-10(8)12(16)18-5-2/h6H,4-5,13H2,1-3H3. The predicted molar refractivity (Wildman–Crippen MR) is 65.3 cm³/mol. The number of carbonyl (C=O) groups is 2. The number of ether oxygens (including phenoxy) is 2. The van der Waals surface area contributed by atoms with E-state index in [4.69, 9.17) is 15.2 Å². The van der Waals surface area contributed by atoms with Gasteiger partial charge in [0, 0.05) is 0 Å². The molecule has 2 N–H and O–H groups in total. The lowest BCUT2D eigenvalue weighted by Crippen LogP contribution is -2.17. The highest BCUT2D eigenvalue weighted by atomic mass is 16.5. The normalized spacial score (nSPS) is 9.94. The highest BCUT2D eigenvalue weighted by Crippen LogP contribution is 2.17. The van der Waals surface area contributed by atoms with Crippen molar-refractivity contribution in [1.29, 1.82) is 0 Å². The van der Waals surface area contributed by atoms with E-state index >= 15 is 0 Å². The van der Waals surface area contributed by atoms with E-state index in [1.54, 1.807) is 20.8 Å². The van der Waals surface area contributed by atoms with Gasteiger partial charge in [0.05, 0.1) is 30.2 Å². The molecule has 0 aliphatic heterocycles. The van der Waals surface area contributed by atoms with Crippen molar-refractivity contribution in [2.75, 3.05) is 18.9 Å². The van der Waals surface area contributed by atoms with E-state index in [2.05, 4.69) is 4.98 Å². The number of carbonyl (C=O) groups excluding carboxylic acids is 2. The van der Waals surface area contributed by atoms with Crippen LogP contribution in [0.15, 0.2) is 6.07 Å². The van der Waals surface area contributed by atoms with E-state index in [0.29, 0.717) is 11.4 Å². The first kappa shape index (κ1) is 14.0. The summed E-state index contributed by atoms with van der Waals surface area (Å²) < 4.78 is 9.69. The minimum Gasteiger partial charge on any atom is -0.462 e. The van der Waals surface area contributed by atoms with Crippen LogP contribution in [0.25, 0.3) is 0 Å². The summed E-state index contributed by atoms with van der Waals surface area (Å²) in [5.41, 5.74) is 6.42. The Hall–Kier alpha value is -2.11. The maximum atomic E-state index is 11.7. The van der Waals surface area contributed by atoms with Crippen LogP contribution in [0.1, 0.15) is 40.4 Å². The second-order valence-corrected chi connectivity index (χ2v) is 3.50. The molecule has 0 bridgehead atoms. The van der Waals surface area contributed by atoms with Crippen molar-refractivity contribution in [3.05, 3.63) is 23.0 Å². The minimum atomic E-state index is -0.663. The number of nitrogen functional groups attached to an aromatic ring is 1. The molecule has 0 aromatic carbocycles. The zero-order valence-electron chi connectivity index (χ0n) is 10.6. The van der Waals surface area contributed by atoms with Gasteiger partial charge in [0.1, 0.15) is 0 Å². The fourth-order valence-electron chi connectivity index (χ4n) is 1.34. The topological polar surface area (TPSA) is 91.5 Å². The molecule has 0 fully saturated rings. The molecule has 0 saturated carbocycles. The molecule has 0 unspecified atom stereocenters. The molecule has 1 aromatic heterocycles. The lowest BCUT2D eigenvalue weighted by molar-refractivity contribution is 0.0473. The Balaban J connectivity index is 3.25. The van der Waals surface area contributed by atoms with Crippen molar-refractivity contribution in [2.45, 2.75) is 20.8 Å². The van der Waals surface area contributed by atoms with Crippen LogP contribution in [0.4, 0.5) is 5.69 Å². The molecule has 0 atom stereocenters. The number of rotatable bonds is 4. The number of esters is 2. The Labute approximate surface area is 105 Å². The second kappa shape index (κ2) is 6.00. The van der Waals surface area contributed by atoms with Gasteiger partial charge in [-0.05, 0) is 26.8 Å². The summed E-state index contributed by atoms with van der Waals surface area (Å²) in [5.74, 6) is -1.30. The number of nitrogens with two attached hydrogens (primary N) is 1. The van der Waals surface area contributed by atoms with E-state index in [0.717, 1.165) is 0 Å². The average Bonchev–Trinajstić information content (AvgIpc) is 2.32. The van der Waals surface area contributed by atoms with Gasteiger partial charge >= 0.3 is 11.9 Å². The molecule has 18 heavy (non-hydrogen) atoms. The van der Waals surface area contributed by atoms with Gasteiger partial charge in [-0.15, -0.1) is 0 Å². The Morgan fingerprint density at radius 2 is 1.78 bits per heavy atom. The monoisotopic (exact) mass is 252 g/mol. The first-order valence-corrected chi connectivity index (χ1v) is 5.62. The molecule has 0 spiro atoms. The molecule has 1 heterocycles. The summed E-state index contributed by atoms with van der Waals surface area (Å²) in [4.78, 5) is 27.4. The molecular weight excluding hydrogens is 236 g/mol. The minimum absolute atomic E-state index is 0.0263. The smallest absolute Gasteiger partial charge is 0.357 e. The summed E-state index contributed by atoms with van der Waals surface area (Å²) in [6.45, 7) is 5.40. The van der Waals surface area contributed by atoms with Crippen LogP contribution in [0.3, 0.4) is 0 Å². The van der Waals surface area contributed by atoms with Crippen molar-refractivity contribution in [3.8, 4) is 0 Å². The molecule has 6 heteroatoms. The third-order valence-electron chi connectivity index (χ3n) is 2.22. The Bertz CT molecular complexity index is 428. The molecule has 0 saturated heterocycles. The quantitative estimate of drug-likeness (QED) is 0.813. The van der Waals surface area contributed by atoms with Gasteiger partial charge in [0.15, 0.2) is 5.69 Å². The van der Waals surface area contributed by atoms with Crippen LogP contribution >= 0.6 is 0 Å². The summed E-state index contributed by atoms with van der Waals surface area (Å²) >= 11 is 0. The van der Waals surface area contributed by atoms with E-state index in [-0.39, 0.29) is 24.5 Å². The number of aryl methyl sites for hydroxylation is 1. The van der Waals surface area contributed by atoms with Gasteiger partial charge in [-0.1, -0.05) is 0 Å². The van der Waals surface area contributed by atoms with Crippen LogP contribution in [0.2, 0.25) is 0 Å². The van der Waals surface area contributed by atoms with Crippen molar-refractivity contribution in [3.63, 3.8) is 0 Å². The summed E-state index contributed by atoms with van der Waals surface area (Å²) in [6, 6.07) is 1.38. The summed E-state index contributed by atoms with van der Waals surface area (Å²) in [6.07, 6.45) is 0. The van der Waals surface area contributed by atoms with Gasteiger partial charge in [-0.25, -0.2) is 14.6 Å². The SMILES string of the molecule is CCOC(=O)c1cc(N)c(C)nc1C(=O)OCC. The Morgan fingerprint density at radius 3 is 2.33 bits per heavy atom. The largest absolute Gasteiger partial charge is 0.462 e. The van der Waals surface area contributed by atoms with Crippen molar-refractivity contribution < 1.29 is 19.1 Å². The van der Waals surface area contributed by atoms with Crippen LogP contribution < -0.4 is 5.73 Å². The molecule has 6 nitrogen and oxygen atoms in total. The Morgan fingerprint density at radius 1 is 1.22 bits per heavy atom. The van der Waals surface area contributed by atoms with E-state index in [9.17, 15) is 9.59 Å². The number of aromatic nitrogens is 1. The van der Waals surface area contributed by atoms with E-state index in [1.807, 2.05) is 0 Å². The number of pyridine rings is 1. The van der Waals surface area contributed by atoms with Crippen LogP contribution in [-0.4, -0.2) is 30.1 Å². The third kappa shape index (κ3) is 2.97. The zero-order chi connectivity index (χ0) is 13.7. The highest BCUT2D eigenvalue weighted by molar-refractivity contribution is 6.02. The third-order valence-corrected chi connectivity index (χ3v) is 2.22. The number of hydrogen-bond acceptors (Lipinski definition) is 6. The number of nitrogens with zero attached hydrogens (tertiary/aromatic N) is 1. The molecular formula is C12H16N2O4. The fraction of sp³-hybridized carbons (Fsp3) is 0.417. The number of anilines is 1. The van der Waals surface area contributed by atoms with Gasteiger partial charge in [-0.2, -0.15) is 0 Å². The second-order valence-electron chi connectivity index (χ2n) is 3.50. The average molecular weight is 252 g/mol.